The third kappa shape index (κ3) is 40.2. The minimum atomic E-state index is 0. The first-order valence-corrected chi connectivity index (χ1v) is 4.16. The van der Waals surface area contributed by atoms with Gasteiger partial charge in [0.2, 0.25) is 0 Å². The molecule has 0 spiro atoms. The molecule has 0 aliphatic carbocycles. The summed E-state index contributed by atoms with van der Waals surface area (Å²) >= 11 is 18.4. The molecule has 11 heteroatoms. The second-order valence-electron chi connectivity index (χ2n) is 1.43. The molecule has 0 unspecified atom stereocenters. The van der Waals surface area contributed by atoms with Gasteiger partial charge in [0.05, 0.1) is 0 Å². The fraction of sp³-hybridized carbons (Fsp3) is 0.500. The molecule has 0 aliphatic rings. The van der Waals surface area contributed by atoms with E-state index < -0.39 is 0 Å². The average Bonchev–Trinajstić information content (AvgIpc) is 1.79. The van der Waals surface area contributed by atoms with E-state index in [1.807, 2.05) is 0 Å². The Morgan fingerprint density at radius 3 is 1.13 bits per heavy atom. The summed E-state index contributed by atoms with van der Waals surface area (Å²) < 4.78 is 0.745. The third-order valence-corrected chi connectivity index (χ3v) is 1.24. The van der Waals surface area contributed by atoms with Crippen LogP contribution in [0.25, 0.3) is 0 Å². The second kappa shape index (κ2) is 24.0. The summed E-state index contributed by atoms with van der Waals surface area (Å²) in [5.41, 5.74) is 0. The van der Waals surface area contributed by atoms with Crippen LogP contribution in [0.5, 0.6) is 0 Å². The van der Waals surface area contributed by atoms with Crippen molar-refractivity contribution in [3.63, 3.8) is 0 Å². The SMILES string of the molecule is N.N.N.N.S=C([S-])NCCNC(=S)[S-].[Ni+2]. The average molecular weight is 337 g/mol. The molecule has 0 rings (SSSR count). The van der Waals surface area contributed by atoms with Crippen molar-refractivity contribution in [2.45, 2.75) is 0 Å². The summed E-state index contributed by atoms with van der Waals surface area (Å²) in [6.07, 6.45) is 0. The van der Waals surface area contributed by atoms with E-state index in [2.05, 4.69) is 60.3 Å². The van der Waals surface area contributed by atoms with E-state index in [4.69, 9.17) is 0 Å². The van der Waals surface area contributed by atoms with Gasteiger partial charge in [-0.15, -0.1) is 0 Å². The molecule has 0 aromatic carbocycles. The van der Waals surface area contributed by atoms with Gasteiger partial charge >= 0.3 is 16.5 Å². The van der Waals surface area contributed by atoms with Crippen LogP contribution in [0.15, 0.2) is 0 Å². The molecule has 0 saturated heterocycles. The van der Waals surface area contributed by atoms with Crippen LogP contribution in [0.3, 0.4) is 0 Å². The molecular formula is C4H18N6NiS4. The van der Waals surface area contributed by atoms with Gasteiger partial charge in [-0.25, -0.2) is 0 Å². The quantitative estimate of drug-likeness (QED) is 0.185. The van der Waals surface area contributed by atoms with Crippen molar-refractivity contribution in [3.8, 4) is 0 Å². The van der Waals surface area contributed by atoms with Gasteiger partial charge in [-0.05, 0) is 0 Å². The largest absolute Gasteiger partial charge is 2.00 e. The molecule has 0 saturated carbocycles. The summed E-state index contributed by atoms with van der Waals surface area (Å²) in [5.74, 6) is 0. The van der Waals surface area contributed by atoms with Gasteiger partial charge in [-0.3, -0.25) is 0 Å². The van der Waals surface area contributed by atoms with Crippen LogP contribution < -0.4 is 35.2 Å². The van der Waals surface area contributed by atoms with Crippen molar-refractivity contribution >= 4 is 58.3 Å². The van der Waals surface area contributed by atoms with Gasteiger partial charge in [0.15, 0.2) is 0 Å². The fourth-order valence-corrected chi connectivity index (χ4v) is 0.737. The maximum Gasteiger partial charge on any atom is 2.00 e. The van der Waals surface area contributed by atoms with Crippen LogP contribution in [0, 0.1) is 0 Å². The van der Waals surface area contributed by atoms with E-state index in [1.54, 1.807) is 0 Å². The normalized spacial score (nSPS) is 5.60. The molecule has 14 N–H and O–H groups in total. The Balaban J connectivity index is -0.0000000405. The van der Waals surface area contributed by atoms with E-state index in [1.165, 1.54) is 0 Å². The molecule has 0 amide bonds. The van der Waals surface area contributed by atoms with E-state index in [0.717, 1.165) is 0 Å². The molecule has 15 heavy (non-hydrogen) atoms. The molecule has 0 aliphatic heterocycles. The van der Waals surface area contributed by atoms with Gasteiger partial charge in [0.1, 0.15) is 0 Å². The van der Waals surface area contributed by atoms with Gasteiger partial charge in [0, 0.05) is 13.1 Å². The monoisotopic (exact) mass is 336 g/mol. The molecule has 98 valence electrons. The Hall–Kier alpha value is 0.554. The van der Waals surface area contributed by atoms with E-state index in [-0.39, 0.29) is 41.1 Å². The summed E-state index contributed by atoms with van der Waals surface area (Å²) in [5, 5.41) is 5.56. The number of hydrogen-bond acceptors (Lipinski definition) is 8. The van der Waals surface area contributed by atoms with E-state index in [0.29, 0.717) is 21.7 Å². The van der Waals surface area contributed by atoms with Crippen molar-refractivity contribution in [2.24, 2.45) is 0 Å². The molecule has 0 bridgehead atoms. The predicted molar refractivity (Wildman–Crippen MR) is 76.0 cm³/mol. The Morgan fingerprint density at radius 1 is 0.800 bits per heavy atom. The summed E-state index contributed by atoms with van der Waals surface area (Å²) in [7, 11) is 0. The standard InChI is InChI=1S/C4H8N2S4.4H3N.Ni/c7-3(8)5-1-2-6-4(9)10;;;;;/h1-2H2,(H2,5,7,8)(H2,6,9,10);4*1H3;/q;;;;;+2/p-2. The fourth-order valence-electron chi connectivity index (χ4n) is 0.329. The zero-order valence-corrected chi connectivity index (χ0v) is 12.4. The Morgan fingerprint density at radius 2 is 1.00 bits per heavy atom. The van der Waals surface area contributed by atoms with Gasteiger partial charge in [-0.2, -0.15) is 0 Å². The van der Waals surface area contributed by atoms with Gasteiger partial charge in [-0.1, -0.05) is 8.64 Å². The Bertz CT molecular complexity index is 131. The maximum absolute atomic E-state index is 4.59. The number of hydrogen-bond donors (Lipinski definition) is 6. The first-order valence-electron chi connectivity index (χ1n) is 2.52. The van der Waals surface area contributed by atoms with Crippen molar-refractivity contribution in [1.82, 2.24) is 35.2 Å². The van der Waals surface area contributed by atoms with Crippen molar-refractivity contribution in [1.29, 1.82) is 0 Å². The van der Waals surface area contributed by atoms with Crippen LogP contribution in [0.1, 0.15) is 0 Å². The van der Waals surface area contributed by atoms with E-state index >= 15 is 0 Å². The van der Waals surface area contributed by atoms with Crippen LogP contribution >= 0.6 is 24.4 Å². The third-order valence-electron chi connectivity index (χ3n) is 0.664. The van der Waals surface area contributed by atoms with Gasteiger partial charge < -0.3 is 84.9 Å². The molecule has 0 aromatic rings. The Kier molecular flexibility index (Phi) is 57.8. The molecular weight excluding hydrogens is 319 g/mol. The van der Waals surface area contributed by atoms with Crippen molar-refractivity contribution < 1.29 is 16.5 Å². The van der Waals surface area contributed by atoms with E-state index in [9.17, 15) is 0 Å². The molecule has 0 atom stereocenters. The summed E-state index contributed by atoms with van der Waals surface area (Å²) in [6, 6.07) is 0. The summed E-state index contributed by atoms with van der Waals surface area (Å²) in [6.45, 7) is 1.33. The minimum Gasteiger partial charge on any atom is -0.412 e. The molecule has 0 aromatic heterocycles. The number of rotatable bonds is 3. The van der Waals surface area contributed by atoms with Crippen LogP contribution in [0.2, 0.25) is 0 Å². The van der Waals surface area contributed by atoms with Crippen molar-refractivity contribution in [2.75, 3.05) is 13.1 Å². The smallest absolute Gasteiger partial charge is 0.412 e. The van der Waals surface area contributed by atoms with Crippen molar-refractivity contribution in [3.05, 3.63) is 0 Å². The first kappa shape index (κ1) is 36.1. The van der Waals surface area contributed by atoms with Crippen LogP contribution in [-0.4, -0.2) is 21.7 Å². The molecule has 0 fully saturated rings. The Labute approximate surface area is 123 Å². The first-order chi connectivity index (χ1) is 4.63. The minimum absolute atomic E-state index is 0. The number of nitrogens with one attached hydrogen (secondary N) is 2. The van der Waals surface area contributed by atoms with Crippen LogP contribution in [-0.2, 0) is 41.7 Å². The van der Waals surface area contributed by atoms with Crippen LogP contribution in [0.4, 0.5) is 0 Å². The van der Waals surface area contributed by atoms with Gasteiger partial charge in [0.25, 0.3) is 0 Å². The topological polar surface area (TPSA) is 164 Å². The maximum atomic E-state index is 4.59. The second-order valence-corrected chi connectivity index (χ2v) is 3.58. The molecule has 0 heterocycles. The molecule has 0 radical (unpaired) electrons. The summed E-state index contributed by atoms with van der Waals surface area (Å²) in [4.78, 5) is 0. The zero-order chi connectivity index (χ0) is 7.98. The predicted octanol–water partition coefficient (Wildman–Crippen LogP) is 0.475. The number of thiocarbonyl (C=S) groups is 2. The molecule has 6 nitrogen and oxygen atoms in total. The zero-order valence-electron chi connectivity index (χ0n) is 8.19.